The number of nitrogens with one attached hydrogen (secondary N) is 1. The fourth-order valence-corrected chi connectivity index (χ4v) is 2.35. The van der Waals surface area contributed by atoms with Crippen molar-refractivity contribution in [1.82, 2.24) is 0 Å². The molecule has 0 bridgehead atoms. The Morgan fingerprint density at radius 2 is 1.64 bits per heavy atom. The molecule has 0 saturated heterocycles. The van der Waals surface area contributed by atoms with Crippen LogP contribution >= 0.6 is 0 Å². The van der Waals surface area contributed by atoms with E-state index < -0.39 is 0 Å². The number of aryl methyl sites for hydroxylation is 1. The molecule has 2 aromatic carbocycles. The molecule has 2 rings (SSSR count). The Morgan fingerprint density at radius 3 is 2.27 bits per heavy atom. The smallest absolute Gasteiger partial charge is 0.255 e. The number of hydrogen-bond acceptors (Lipinski definition) is 2. The van der Waals surface area contributed by atoms with Crippen molar-refractivity contribution >= 4 is 17.3 Å². The number of benzene rings is 2. The second-order valence-corrected chi connectivity index (χ2v) is 5.58. The maximum atomic E-state index is 12.1. The number of amides is 1. The first kappa shape index (κ1) is 16.1. The van der Waals surface area contributed by atoms with Crippen molar-refractivity contribution in [3.05, 3.63) is 59.7 Å². The first-order chi connectivity index (χ1) is 10.7. The van der Waals surface area contributed by atoms with Gasteiger partial charge in [-0.2, -0.15) is 0 Å². The van der Waals surface area contributed by atoms with Crippen LogP contribution in [0.3, 0.4) is 0 Å². The number of nitrogen functional groups attached to an aromatic ring is 1. The molecule has 0 radical (unpaired) electrons. The molecule has 3 N–H and O–H groups in total. The zero-order valence-electron chi connectivity index (χ0n) is 13.1. The molecular formula is C19H24N2O. The van der Waals surface area contributed by atoms with E-state index in [0.717, 1.165) is 12.1 Å². The molecule has 3 nitrogen and oxygen atoms in total. The number of hydrogen-bond donors (Lipinski definition) is 2. The highest BCUT2D eigenvalue weighted by atomic mass is 16.1. The summed E-state index contributed by atoms with van der Waals surface area (Å²) in [5, 5.41) is 2.90. The molecule has 0 aliphatic heterocycles. The standard InChI is InChI=1S/C19H24N2O/c1-2-3-4-5-6-15-7-13-18(14-8-15)21-19(22)16-9-11-17(20)12-10-16/h7-14H,2-6,20H2,1H3,(H,21,22). The van der Waals surface area contributed by atoms with Gasteiger partial charge in [0.15, 0.2) is 0 Å². The van der Waals surface area contributed by atoms with E-state index in [-0.39, 0.29) is 5.91 Å². The van der Waals surface area contributed by atoms with Crippen LogP contribution < -0.4 is 11.1 Å². The minimum Gasteiger partial charge on any atom is -0.399 e. The summed E-state index contributed by atoms with van der Waals surface area (Å²) in [6, 6.07) is 15.0. The minimum absolute atomic E-state index is 0.115. The highest BCUT2D eigenvalue weighted by molar-refractivity contribution is 6.04. The number of rotatable bonds is 7. The average molecular weight is 296 g/mol. The average Bonchev–Trinajstić information content (AvgIpc) is 2.54. The van der Waals surface area contributed by atoms with Crippen molar-refractivity contribution in [2.45, 2.75) is 39.0 Å². The third-order valence-corrected chi connectivity index (χ3v) is 3.70. The van der Waals surface area contributed by atoms with Gasteiger partial charge < -0.3 is 11.1 Å². The summed E-state index contributed by atoms with van der Waals surface area (Å²) >= 11 is 0. The van der Waals surface area contributed by atoms with E-state index in [1.807, 2.05) is 12.1 Å². The molecule has 0 aliphatic rings. The van der Waals surface area contributed by atoms with Gasteiger partial charge in [-0.25, -0.2) is 0 Å². The molecule has 2 aromatic rings. The molecule has 3 heteroatoms. The van der Waals surface area contributed by atoms with Crippen LogP contribution in [0.1, 0.15) is 48.5 Å². The maximum absolute atomic E-state index is 12.1. The molecule has 0 aromatic heterocycles. The lowest BCUT2D eigenvalue weighted by molar-refractivity contribution is 0.102. The summed E-state index contributed by atoms with van der Waals surface area (Å²) in [5.74, 6) is -0.115. The molecule has 116 valence electrons. The van der Waals surface area contributed by atoms with Crippen molar-refractivity contribution < 1.29 is 4.79 Å². The molecule has 0 atom stereocenters. The van der Waals surface area contributed by atoms with Crippen LogP contribution in [0.25, 0.3) is 0 Å². The van der Waals surface area contributed by atoms with E-state index >= 15 is 0 Å². The summed E-state index contributed by atoms with van der Waals surface area (Å²) in [6.45, 7) is 2.22. The molecule has 22 heavy (non-hydrogen) atoms. The molecule has 0 aliphatic carbocycles. The lowest BCUT2D eigenvalue weighted by Gasteiger charge is -2.07. The summed E-state index contributed by atoms with van der Waals surface area (Å²) in [4.78, 5) is 12.1. The van der Waals surface area contributed by atoms with Crippen LogP contribution in [0.5, 0.6) is 0 Å². The Hall–Kier alpha value is -2.29. The van der Waals surface area contributed by atoms with Crippen molar-refractivity contribution in [3.63, 3.8) is 0 Å². The van der Waals surface area contributed by atoms with E-state index in [4.69, 9.17) is 5.73 Å². The zero-order valence-corrected chi connectivity index (χ0v) is 13.1. The first-order valence-corrected chi connectivity index (χ1v) is 7.95. The van der Waals surface area contributed by atoms with Gasteiger partial charge in [0.25, 0.3) is 5.91 Å². The third kappa shape index (κ3) is 4.92. The predicted molar refractivity (Wildman–Crippen MR) is 93.1 cm³/mol. The first-order valence-electron chi connectivity index (χ1n) is 7.95. The molecule has 0 heterocycles. The molecular weight excluding hydrogens is 272 g/mol. The lowest BCUT2D eigenvalue weighted by Crippen LogP contribution is -2.11. The third-order valence-electron chi connectivity index (χ3n) is 3.70. The van der Waals surface area contributed by atoms with E-state index in [0.29, 0.717) is 11.3 Å². The van der Waals surface area contributed by atoms with E-state index in [1.54, 1.807) is 24.3 Å². The number of carbonyl (C=O) groups is 1. The topological polar surface area (TPSA) is 55.1 Å². The predicted octanol–water partition coefficient (Wildman–Crippen LogP) is 4.64. The normalized spacial score (nSPS) is 10.4. The monoisotopic (exact) mass is 296 g/mol. The molecule has 0 saturated carbocycles. The Balaban J connectivity index is 1.88. The minimum atomic E-state index is -0.115. The van der Waals surface area contributed by atoms with Crippen LogP contribution in [-0.4, -0.2) is 5.91 Å². The lowest BCUT2D eigenvalue weighted by atomic mass is 10.1. The van der Waals surface area contributed by atoms with Crippen molar-refractivity contribution in [2.75, 3.05) is 11.1 Å². The van der Waals surface area contributed by atoms with E-state index in [9.17, 15) is 4.79 Å². The zero-order chi connectivity index (χ0) is 15.8. The van der Waals surface area contributed by atoms with Crippen LogP contribution in [0.2, 0.25) is 0 Å². The van der Waals surface area contributed by atoms with Crippen molar-refractivity contribution in [1.29, 1.82) is 0 Å². The van der Waals surface area contributed by atoms with Crippen LogP contribution in [0.4, 0.5) is 11.4 Å². The maximum Gasteiger partial charge on any atom is 0.255 e. The number of nitrogens with two attached hydrogens (primary N) is 1. The van der Waals surface area contributed by atoms with Crippen LogP contribution in [0, 0.1) is 0 Å². The molecule has 0 fully saturated rings. The fraction of sp³-hybridized carbons (Fsp3) is 0.316. The van der Waals surface area contributed by atoms with Gasteiger partial charge in [0, 0.05) is 16.9 Å². The molecule has 1 amide bonds. The Bertz CT molecular complexity index is 588. The van der Waals surface area contributed by atoms with Gasteiger partial charge >= 0.3 is 0 Å². The van der Waals surface area contributed by atoms with Crippen molar-refractivity contribution in [3.8, 4) is 0 Å². The van der Waals surface area contributed by atoms with Gasteiger partial charge in [-0.15, -0.1) is 0 Å². The highest BCUT2D eigenvalue weighted by Gasteiger charge is 2.05. The Morgan fingerprint density at radius 1 is 0.955 bits per heavy atom. The second-order valence-electron chi connectivity index (χ2n) is 5.58. The van der Waals surface area contributed by atoms with Gasteiger partial charge in [0.1, 0.15) is 0 Å². The van der Waals surface area contributed by atoms with Gasteiger partial charge in [-0.05, 0) is 54.8 Å². The Kier molecular flexibility index (Phi) is 6.01. The quantitative estimate of drug-likeness (QED) is 0.577. The molecule has 0 spiro atoms. The summed E-state index contributed by atoms with van der Waals surface area (Å²) in [5.41, 5.74) is 9.03. The van der Waals surface area contributed by atoms with Crippen LogP contribution in [0.15, 0.2) is 48.5 Å². The molecule has 0 unspecified atom stereocenters. The summed E-state index contributed by atoms with van der Waals surface area (Å²) in [6.07, 6.45) is 6.18. The summed E-state index contributed by atoms with van der Waals surface area (Å²) < 4.78 is 0. The van der Waals surface area contributed by atoms with E-state index in [2.05, 4.69) is 24.4 Å². The van der Waals surface area contributed by atoms with E-state index in [1.165, 1.54) is 31.2 Å². The second kappa shape index (κ2) is 8.23. The van der Waals surface area contributed by atoms with Crippen molar-refractivity contribution in [2.24, 2.45) is 0 Å². The highest BCUT2D eigenvalue weighted by Crippen LogP contribution is 2.14. The SMILES string of the molecule is CCCCCCc1ccc(NC(=O)c2ccc(N)cc2)cc1. The summed E-state index contributed by atoms with van der Waals surface area (Å²) in [7, 11) is 0. The van der Waals surface area contributed by atoms with Gasteiger partial charge in [-0.1, -0.05) is 38.3 Å². The van der Waals surface area contributed by atoms with Crippen LogP contribution in [-0.2, 0) is 6.42 Å². The number of unbranched alkanes of at least 4 members (excludes halogenated alkanes) is 3. The van der Waals surface area contributed by atoms with Gasteiger partial charge in [0.05, 0.1) is 0 Å². The number of carbonyl (C=O) groups excluding carboxylic acids is 1. The fourth-order valence-electron chi connectivity index (χ4n) is 2.35. The largest absolute Gasteiger partial charge is 0.399 e. The van der Waals surface area contributed by atoms with Gasteiger partial charge in [0.2, 0.25) is 0 Å². The number of anilines is 2. The van der Waals surface area contributed by atoms with Gasteiger partial charge in [-0.3, -0.25) is 4.79 Å². The Labute approximate surface area is 132 Å².